The molecular formula is C5H9F3NO2S-. The van der Waals surface area contributed by atoms with Crippen molar-refractivity contribution in [3.05, 3.63) is 0 Å². The fourth-order valence-electron chi connectivity index (χ4n) is 0.588. The van der Waals surface area contributed by atoms with Crippen molar-refractivity contribution in [1.29, 1.82) is 0 Å². The van der Waals surface area contributed by atoms with Crippen LogP contribution in [0.1, 0.15) is 19.8 Å². The van der Waals surface area contributed by atoms with E-state index in [0.29, 0.717) is 6.42 Å². The third kappa shape index (κ3) is 4.03. The van der Waals surface area contributed by atoms with E-state index in [-0.39, 0.29) is 6.42 Å². The van der Waals surface area contributed by atoms with Gasteiger partial charge in [0.1, 0.15) is 0 Å². The monoisotopic (exact) mass is 204 g/mol. The van der Waals surface area contributed by atoms with Crippen molar-refractivity contribution >= 4 is 11.3 Å². The van der Waals surface area contributed by atoms with Crippen molar-refractivity contribution in [2.45, 2.75) is 26.1 Å². The van der Waals surface area contributed by atoms with Crippen LogP contribution in [0.5, 0.6) is 0 Å². The van der Waals surface area contributed by atoms with Gasteiger partial charge in [0, 0.05) is 17.8 Å². The minimum absolute atomic E-state index is 0.202. The fraction of sp³-hybridized carbons (Fsp3) is 1.00. The van der Waals surface area contributed by atoms with E-state index in [4.69, 9.17) is 0 Å². The van der Waals surface area contributed by atoms with Crippen LogP contribution in [-0.4, -0.2) is 25.9 Å². The summed E-state index contributed by atoms with van der Waals surface area (Å²) in [5, 5.41) is 0. The molecule has 3 nitrogen and oxygen atoms in total. The summed E-state index contributed by atoms with van der Waals surface area (Å²) in [5.74, 6) is 0. The first kappa shape index (κ1) is 11.9. The molecule has 0 radical (unpaired) electrons. The molecule has 12 heavy (non-hydrogen) atoms. The molecule has 0 aromatic rings. The Balaban J connectivity index is 4.15. The highest BCUT2D eigenvalue weighted by Crippen LogP contribution is 2.22. The molecule has 0 N–H and O–H groups in total. The zero-order valence-electron chi connectivity index (χ0n) is 6.43. The van der Waals surface area contributed by atoms with Crippen molar-refractivity contribution in [1.82, 2.24) is 4.31 Å². The van der Waals surface area contributed by atoms with Crippen LogP contribution in [-0.2, 0) is 11.3 Å². The summed E-state index contributed by atoms with van der Waals surface area (Å²) < 4.78 is 55.1. The lowest BCUT2D eigenvalue weighted by atomic mass is 10.3. The zero-order chi connectivity index (χ0) is 9.78. The molecule has 0 fully saturated rings. The quantitative estimate of drug-likeness (QED) is 0.513. The number of halogens is 3. The van der Waals surface area contributed by atoms with E-state index in [1.165, 1.54) is 0 Å². The van der Waals surface area contributed by atoms with Gasteiger partial charge in [-0.15, -0.1) is 4.31 Å². The summed E-state index contributed by atoms with van der Waals surface area (Å²) >= 11 is -3.22. The molecule has 0 heterocycles. The Kier molecular flexibility index (Phi) is 4.73. The van der Waals surface area contributed by atoms with Gasteiger partial charge in [0.2, 0.25) is 0 Å². The van der Waals surface area contributed by atoms with Crippen LogP contribution in [0.4, 0.5) is 13.2 Å². The molecule has 7 heteroatoms. The van der Waals surface area contributed by atoms with Crippen LogP contribution >= 0.6 is 0 Å². The smallest absolute Gasteiger partial charge is 0.470 e. The highest BCUT2D eigenvalue weighted by molar-refractivity contribution is 7.76. The van der Waals surface area contributed by atoms with Crippen LogP contribution < -0.4 is 0 Å². The van der Waals surface area contributed by atoms with Gasteiger partial charge in [0.15, 0.2) is 0 Å². The molecule has 0 aliphatic carbocycles. The summed E-state index contributed by atoms with van der Waals surface area (Å²) in [4.78, 5) is 0. The lowest BCUT2D eigenvalue weighted by Crippen LogP contribution is -2.39. The largest absolute Gasteiger partial charge is 0.759 e. The molecule has 0 aliphatic heterocycles. The zero-order valence-corrected chi connectivity index (χ0v) is 7.24. The molecule has 0 rings (SSSR count). The van der Waals surface area contributed by atoms with Crippen LogP contribution in [0.25, 0.3) is 0 Å². The van der Waals surface area contributed by atoms with Crippen molar-refractivity contribution in [3.8, 4) is 0 Å². The van der Waals surface area contributed by atoms with E-state index in [2.05, 4.69) is 0 Å². The molecule has 0 aromatic carbocycles. The van der Waals surface area contributed by atoms with Gasteiger partial charge in [0.05, 0.1) is 0 Å². The van der Waals surface area contributed by atoms with Crippen LogP contribution in [0.3, 0.4) is 0 Å². The molecule has 0 saturated heterocycles. The molecule has 0 bridgehead atoms. The van der Waals surface area contributed by atoms with E-state index in [1.807, 2.05) is 0 Å². The average molecular weight is 204 g/mol. The van der Waals surface area contributed by atoms with Gasteiger partial charge >= 0.3 is 6.30 Å². The lowest BCUT2D eigenvalue weighted by molar-refractivity contribution is -0.210. The van der Waals surface area contributed by atoms with Crippen LogP contribution in [0.15, 0.2) is 0 Å². The minimum Gasteiger partial charge on any atom is -0.759 e. The van der Waals surface area contributed by atoms with E-state index in [0.717, 1.165) is 0 Å². The van der Waals surface area contributed by atoms with Crippen LogP contribution in [0.2, 0.25) is 0 Å². The van der Waals surface area contributed by atoms with Crippen molar-refractivity contribution in [2.75, 3.05) is 6.54 Å². The molecule has 0 amide bonds. The van der Waals surface area contributed by atoms with Crippen molar-refractivity contribution in [3.63, 3.8) is 0 Å². The maximum absolute atomic E-state index is 11.8. The number of nitrogens with zero attached hydrogens (tertiary/aromatic N) is 1. The fourth-order valence-corrected chi connectivity index (χ4v) is 1.03. The second-order valence-electron chi connectivity index (χ2n) is 2.14. The SMILES string of the molecule is CCCCN(S(=O)[O-])C(F)(F)F. The molecule has 74 valence electrons. The molecule has 0 spiro atoms. The second kappa shape index (κ2) is 4.78. The Bertz CT molecular complexity index is 161. The summed E-state index contributed by atoms with van der Waals surface area (Å²) in [6, 6.07) is 0. The number of alkyl halides is 3. The third-order valence-electron chi connectivity index (χ3n) is 1.18. The Hall–Kier alpha value is -0.140. The topological polar surface area (TPSA) is 43.4 Å². The van der Waals surface area contributed by atoms with E-state index in [1.54, 1.807) is 6.92 Å². The normalized spacial score (nSPS) is 15.2. The van der Waals surface area contributed by atoms with E-state index < -0.39 is 28.4 Å². The maximum atomic E-state index is 11.8. The number of hydrogen-bond donors (Lipinski definition) is 0. The highest BCUT2D eigenvalue weighted by atomic mass is 32.2. The summed E-state index contributed by atoms with van der Waals surface area (Å²) in [6.45, 7) is 1.18. The van der Waals surface area contributed by atoms with Gasteiger partial charge in [-0.1, -0.05) is 13.3 Å². The summed E-state index contributed by atoms with van der Waals surface area (Å²) in [5.41, 5.74) is 0. The first-order valence-electron chi connectivity index (χ1n) is 3.33. The summed E-state index contributed by atoms with van der Waals surface area (Å²) in [7, 11) is 0. The maximum Gasteiger partial charge on any atom is 0.470 e. The van der Waals surface area contributed by atoms with Gasteiger partial charge in [0.25, 0.3) is 0 Å². The number of rotatable bonds is 4. The lowest BCUT2D eigenvalue weighted by Gasteiger charge is -2.25. The molecule has 1 atom stereocenters. The Morgan fingerprint density at radius 3 is 2.25 bits per heavy atom. The van der Waals surface area contributed by atoms with Crippen molar-refractivity contribution in [2.24, 2.45) is 0 Å². The van der Waals surface area contributed by atoms with E-state index in [9.17, 15) is 21.9 Å². The third-order valence-corrected chi connectivity index (χ3v) is 1.93. The first-order valence-corrected chi connectivity index (χ1v) is 4.36. The second-order valence-corrected chi connectivity index (χ2v) is 3.02. The first-order chi connectivity index (χ1) is 5.39. The number of hydrogen-bond acceptors (Lipinski definition) is 2. The summed E-state index contributed by atoms with van der Waals surface area (Å²) in [6.07, 6.45) is -4.07. The number of unbranched alkanes of at least 4 members (excludes halogenated alkanes) is 1. The highest BCUT2D eigenvalue weighted by Gasteiger charge is 2.37. The molecule has 1 unspecified atom stereocenters. The Morgan fingerprint density at radius 1 is 1.50 bits per heavy atom. The van der Waals surface area contributed by atoms with Gasteiger partial charge in [-0.2, -0.15) is 13.2 Å². The minimum atomic E-state index is -4.79. The average Bonchev–Trinajstić information content (AvgIpc) is 1.84. The molecule has 0 aliphatic rings. The Morgan fingerprint density at radius 2 is 2.00 bits per heavy atom. The predicted octanol–water partition coefficient (Wildman–Crippen LogP) is 1.40. The molecular weight excluding hydrogens is 195 g/mol. The Labute approximate surface area is 71.0 Å². The van der Waals surface area contributed by atoms with E-state index >= 15 is 0 Å². The standard InChI is InChI=1S/C5H10F3NO2S/c1-2-3-4-9(12(10)11)5(6,7)8/h2-4H2,1H3,(H,10,11)/p-1. The van der Waals surface area contributed by atoms with Crippen molar-refractivity contribution < 1.29 is 21.9 Å². The van der Waals surface area contributed by atoms with Gasteiger partial charge in [-0.25, -0.2) is 0 Å². The van der Waals surface area contributed by atoms with Gasteiger partial charge in [-0.3, -0.25) is 4.21 Å². The predicted molar refractivity (Wildman–Crippen MR) is 36.6 cm³/mol. The van der Waals surface area contributed by atoms with Crippen LogP contribution in [0, 0.1) is 0 Å². The van der Waals surface area contributed by atoms with Gasteiger partial charge < -0.3 is 4.55 Å². The van der Waals surface area contributed by atoms with Gasteiger partial charge in [-0.05, 0) is 6.42 Å². The molecule has 0 saturated carbocycles. The molecule has 0 aromatic heterocycles.